The molecule has 1 atom stereocenters. The highest BCUT2D eigenvalue weighted by atomic mass is 16.5. The summed E-state index contributed by atoms with van der Waals surface area (Å²) in [5, 5.41) is 6.55. The molecule has 6 heteroatoms. The van der Waals surface area contributed by atoms with Crippen molar-refractivity contribution >= 4 is 11.6 Å². The largest absolute Gasteiger partial charge is 0.494 e. The first-order valence-corrected chi connectivity index (χ1v) is 11.0. The van der Waals surface area contributed by atoms with E-state index in [1.54, 1.807) is 5.01 Å². The lowest BCUT2D eigenvalue weighted by molar-refractivity contribution is -0.135. The summed E-state index contributed by atoms with van der Waals surface area (Å²) in [5.41, 5.74) is 5.53. The Labute approximate surface area is 184 Å². The Kier molecular flexibility index (Phi) is 6.68. The van der Waals surface area contributed by atoms with Crippen LogP contribution < -0.4 is 4.74 Å². The van der Waals surface area contributed by atoms with Crippen LogP contribution in [0.25, 0.3) is 0 Å². The minimum atomic E-state index is -0.112. The Bertz CT molecular complexity index is 949. The van der Waals surface area contributed by atoms with Crippen molar-refractivity contribution in [2.75, 3.05) is 39.5 Å². The van der Waals surface area contributed by atoms with Crippen LogP contribution in [0.1, 0.15) is 41.6 Å². The van der Waals surface area contributed by atoms with Gasteiger partial charge in [-0.25, -0.2) is 5.01 Å². The first-order valence-electron chi connectivity index (χ1n) is 11.0. The molecule has 0 bridgehead atoms. The van der Waals surface area contributed by atoms with Gasteiger partial charge >= 0.3 is 0 Å². The van der Waals surface area contributed by atoms with Gasteiger partial charge in [0.25, 0.3) is 5.91 Å². The summed E-state index contributed by atoms with van der Waals surface area (Å²) >= 11 is 0. The summed E-state index contributed by atoms with van der Waals surface area (Å²) in [4.78, 5) is 15.5. The van der Waals surface area contributed by atoms with E-state index in [0.29, 0.717) is 32.8 Å². The van der Waals surface area contributed by atoms with Gasteiger partial charge in [0.05, 0.1) is 38.1 Å². The lowest BCUT2D eigenvalue weighted by atomic mass is 9.95. The topological polar surface area (TPSA) is 54.4 Å². The Balaban J connectivity index is 1.62. The fourth-order valence-corrected chi connectivity index (χ4v) is 4.19. The maximum Gasteiger partial charge on any atom is 0.257 e. The Morgan fingerprint density at radius 2 is 1.87 bits per heavy atom. The molecule has 2 aromatic carbocycles. The van der Waals surface area contributed by atoms with E-state index in [1.807, 2.05) is 31.2 Å². The zero-order valence-corrected chi connectivity index (χ0v) is 18.6. The predicted molar refractivity (Wildman–Crippen MR) is 122 cm³/mol. The highest BCUT2D eigenvalue weighted by molar-refractivity contribution is 6.04. The molecule has 31 heavy (non-hydrogen) atoms. The number of carbonyl (C=O) groups excluding carboxylic acids is 1. The fourth-order valence-electron chi connectivity index (χ4n) is 4.19. The molecule has 0 spiro atoms. The van der Waals surface area contributed by atoms with Crippen molar-refractivity contribution in [2.24, 2.45) is 5.10 Å². The van der Waals surface area contributed by atoms with Crippen LogP contribution in [0.2, 0.25) is 0 Å². The van der Waals surface area contributed by atoms with Crippen molar-refractivity contribution in [3.8, 4) is 5.75 Å². The number of aryl methyl sites for hydroxylation is 2. The molecule has 1 fully saturated rings. The Morgan fingerprint density at radius 3 is 2.58 bits per heavy atom. The number of hydrazone groups is 1. The van der Waals surface area contributed by atoms with Gasteiger partial charge in [-0.05, 0) is 50.1 Å². The molecule has 164 valence electrons. The van der Waals surface area contributed by atoms with Gasteiger partial charge in [0.15, 0.2) is 0 Å². The van der Waals surface area contributed by atoms with Crippen molar-refractivity contribution in [2.45, 2.75) is 33.2 Å². The molecule has 2 aliphatic heterocycles. The number of benzene rings is 2. The van der Waals surface area contributed by atoms with Gasteiger partial charge in [0.2, 0.25) is 0 Å². The molecular formula is C25H31N3O3. The van der Waals surface area contributed by atoms with Gasteiger partial charge in [-0.3, -0.25) is 9.69 Å². The van der Waals surface area contributed by atoms with Crippen LogP contribution in [0, 0.1) is 13.8 Å². The van der Waals surface area contributed by atoms with Crippen molar-refractivity contribution in [3.05, 3.63) is 64.7 Å². The molecule has 0 unspecified atom stereocenters. The lowest BCUT2D eigenvalue weighted by Gasteiger charge is -2.29. The van der Waals surface area contributed by atoms with E-state index in [0.717, 1.165) is 35.7 Å². The zero-order valence-electron chi connectivity index (χ0n) is 18.6. The predicted octanol–water partition coefficient (Wildman–Crippen LogP) is 3.71. The molecule has 0 N–H and O–H groups in total. The van der Waals surface area contributed by atoms with E-state index in [1.165, 1.54) is 11.1 Å². The number of hydrogen-bond acceptors (Lipinski definition) is 5. The SMILES string of the molecule is CCOc1ccc([C@H]2CC(c3cc(C)ccc3C)=NN2C(=O)CN2CCOCC2)cc1. The van der Waals surface area contributed by atoms with Crippen LogP contribution in [0.3, 0.4) is 0 Å². The van der Waals surface area contributed by atoms with Gasteiger partial charge in [0, 0.05) is 25.1 Å². The van der Waals surface area contributed by atoms with Crippen LogP contribution >= 0.6 is 0 Å². The van der Waals surface area contributed by atoms with E-state index < -0.39 is 0 Å². The number of hydrogen-bond donors (Lipinski definition) is 0. The molecule has 1 saturated heterocycles. The summed E-state index contributed by atoms with van der Waals surface area (Å²) in [6.45, 7) is 10.1. The number of rotatable bonds is 6. The van der Waals surface area contributed by atoms with E-state index >= 15 is 0 Å². The van der Waals surface area contributed by atoms with E-state index in [2.05, 4.69) is 36.9 Å². The fraction of sp³-hybridized carbons (Fsp3) is 0.440. The highest BCUT2D eigenvalue weighted by Gasteiger charge is 2.34. The van der Waals surface area contributed by atoms with Gasteiger partial charge in [-0.2, -0.15) is 5.10 Å². The van der Waals surface area contributed by atoms with Gasteiger partial charge in [-0.1, -0.05) is 29.8 Å². The average molecular weight is 422 g/mol. The second kappa shape index (κ2) is 9.62. The lowest BCUT2D eigenvalue weighted by Crippen LogP contribution is -2.43. The van der Waals surface area contributed by atoms with E-state index in [4.69, 9.17) is 14.6 Å². The first kappa shape index (κ1) is 21.5. The minimum Gasteiger partial charge on any atom is -0.494 e. The van der Waals surface area contributed by atoms with Crippen molar-refractivity contribution in [1.29, 1.82) is 0 Å². The number of nitrogens with zero attached hydrogens (tertiary/aromatic N) is 3. The zero-order chi connectivity index (χ0) is 21.8. The van der Waals surface area contributed by atoms with Crippen molar-refractivity contribution in [3.63, 3.8) is 0 Å². The average Bonchev–Trinajstić information content (AvgIpc) is 3.22. The summed E-state index contributed by atoms with van der Waals surface area (Å²) in [5.74, 6) is 0.868. The quantitative estimate of drug-likeness (QED) is 0.714. The minimum absolute atomic E-state index is 0.0288. The van der Waals surface area contributed by atoms with Gasteiger partial charge in [-0.15, -0.1) is 0 Å². The molecule has 2 heterocycles. The first-order chi connectivity index (χ1) is 15.0. The molecule has 2 aromatic rings. The summed E-state index contributed by atoms with van der Waals surface area (Å²) in [6, 6.07) is 14.3. The number of carbonyl (C=O) groups is 1. The summed E-state index contributed by atoms with van der Waals surface area (Å²) < 4.78 is 11.0. The third kappa shape index (κ3) is 4.97. The maximum atomic E-state index is 13.3. The monoisotopic (exact) mass is 421 g/mol. The van der Waals surface area contributed by atoms with Crippen LogP contribution in [-0.4, -0.2) is 61.0 Å². The van der Waals surface area contributed by atoms with Crippen LogP contribution in [-0.2, 0) is 9.53 Å². The molecule has 0 aromatic heterocycles. The molecule has 1 amide bonds. The maximum absolute atomic E-state index is 13.3. The molecule has 4 rings (SSSR count). The third-order valence-electron chi connectivity index (χ3n) is 5.91. The molecule has 0 saturated carbocycles. The van der Waals surface area contributed by atoms with Crippen molar-refractivity contribution < 1.29 is 14.3 Å². The third-order valence-corrected chi connectivity index (χ3v) is 5.91. The number of ether oxygens (including phenoxy) is 2. The van der Waals surface area contributed by atoms with Gasteiger partial charge < -0.3 is 9.47 Å². The number of amides is 1. The molecule has 2 aliphatic rings. The number of morpholine rings is 1. The van der Waals surface area contributed by atoms with E-state index in [9.17, 15) is 4.79 Å². The van der Waals surface area contributed by atoms with Gasteiger partial charge in [0.1, 0.15) is 5.75 Å². The smallest absolute Gasteiger partial charge is 0.257 e. The normalized spacial score (nSPS) is 19.4. The van der Waals surface area contributed by atoms with Crippen LogP contribution in [0.5, 0.6) is 5.75 Å². The Hall–Kier alpha value is -2.70. The van der Waals surface area contributed by atoms with E-state index in [-0.39, 0.29) is 11.9 Å². The Morgan fingerprint density at radius 1 is 1.13 bits per heavy atom. The van der Waals surface area contributed by atoms with Crippen LogP contribution in [0.15, 0.2) is 47.6 Å². The second-order valence-corrected chi connectivity index (χ2v) is 8.21. The molecule has 0 radical (unpaired) electrons. The highest BCUT2D eigenvalue weighted by Crippen LogP contribution is 2.34. The molecule has 0 aliphatic carbocycles. The summed E-state index contributed by atoms with van der Waals surface area (Å²) in [6.07, 6.45) is 0.702. The summed E-state index contributed by atoms with van der Waals surface area (Å²) in [7, 11) is 0. The molecule has 6 nitrogen and oxygen atoms in total. The van der Waals surface area contributed by atoms with Crippen LogP contribution in [0.4, 0.5) is 0 Å². The standard InChI is InChI=1S/C25H31N3O3/c1-4-31-21-9-7-20(8-10-21)24-16-23(22-15-18(2)5-6-19(22)3)26-28(24)25(29)17-27-11-13-30-14-12-27/h5-10,15,24H,4,11-14,16-17H2,1-3H3/t24-/m1/s1. The molecular weight excluding hydrogens is 390 g/mol. The van der Waals surface area contributed by atoms with Crippen molar-refractivity contribution in [1.82, 2.24) is 9.91 Å². The second-order valence-electron chi connectivity index (χ2n) is 8.21.